The van der Waals surface area contributed by atoms with Gasteiger partial charge in [0.2, 0.25) is 0 Å². The molecule has 0 aliphatic carbocycles. The molecule has 2 atom stereocenters. The van der Waals surface area contributed by atoms with E-state index in [0.29, 0.717) is 0 Å². The van der Waals surface area contributed by atoms with Crippen molar-refractivity contribution in [1.82, 2.24) is 4.90 Å². The molecule has 2 aliphatic rings. The van der Waals surface area contributed by atoms with Crippen molar-refractivity contribution in [2.45, 2.75) is 38.1 Å². The Morgan fingerprint density at radius 3 is 3.00 bits per heavy atom. The Morgan fingerprint density at radius 1 is 1.40 bits per heavy atom. The van der Waals surface area contributed by atoms with E-state index in [1.54, 1.807) is 0 Å². The molecule has 0 aromatic heterocycles. The van der Waals surface area contributed by atoms with Crippen LogP contribution in [0, 0.1) is 5.92 Å². The van der Waals surface area contributed by atoms with Gasteiger partial charge in [0.25, 0.3) is 0 Å². The van der Waals surface area contributed by atoms with Gasteiger partial charge in [-0.25, -0.2) is 0 Å². The third-order valence-corrected chi connectivity index (χ3v) is 3.78. The summed E-state index contributed by atoms with van der Waals surface area (Å²) in [6.07, 6.45) is 5.07. The van der Waals surface area contributed by atoms with Crippen molar-refractivity contribution in [2.24, 2.45) is 11.7 Å². The summed E-state index contributed by atoms with van der Waals surface area (Å²) in [5.74, 6) is 0.892. The van der Waals surface area contributed by atoms with Crippen LogP contribution in [0.1, 0.15) is 32.6 Å². The molecule has 15 heavy (non-hydrogen) atoms. The van der Waals surface area contributed by atoms with Crippen LogP contribution in [-0.4, -0.2) is 43.3 Å². The predicted molar refractivity (Wildman–Crippen MR) is 61.8 cm³/mol. The molecule has 88 valence electrons. The van der Waals surface area contributed by atoms with E-state index in [2.05, 4.69) is 11.8 Å². The Balaban J connectivity index is 1.82. The summed E-state index contributed by atoms with van der Waals surface area (Å²) in [6, 6.07) is 0. The van der Waals surface area contributed by atoms with Crippen LogP contribution in [0.4, 0.5) is 0 Å². The molecule has 0 saturated carbocycles. The van der Waals surface area contributed by atoms with Gasteiger partial charge in [-0.1, -0.05) is 6.92 Å². The lowest BCUT2D eigenvalue weighted by Crippen LogP contribution is -2.51. The zero-order valence-electron chi connectivity index (χ0n) is 9.87. The number of rotatable bonds is 2. The van der Waals surface area contributed by atoms with Gasteiger partial charge < -0.3 is 15.4 Å². The van der Waals surface area contributed by atoms with Crippen LogP contribution in [0.15, 0.2) is 0 Å². The lowest BCUT2D eigenvalue weighted by molar-refractivity contribution is 0.153. The number of likely N-dealkylation sites (tertiary alicyclic amines) is 1. The van der Waals surface area contributed by atoms with E-state index in [-0.39, 0.29) is 5.54 Å². The molecule has 3 heteroatoms. The van der Waals surface area contributed by atoms with Gasteiger partial charge in [0.15, 0.2) is 0 Å². The van der Waals surface area contributed by atoms with Gasteiger partial charge in [0, 0.05) is 13.2 Å². The highest BCUT2D eigenvalue weighted by molar-refractivity contribution is 4.91. The smallest absolute Gasteiger partial charge is 0.0659 e. The SMILES string of the molecule is CC1CCCN(CC2(N)CCOC2)CC1. The zero-order valence-corrected chi connectivity index (χ0v) is 9.87. The number of nitrogens with zero attached hydrogens (tertiary/aromatic N) is 1. The van der Waals surface area contributed by atoms with Crippen molar-refractivity contribution in [3.63, 3.8) is 0 Å². The van der Waals surface area contributed by atoms with Crippen molar-refractivity contribution in [3.8, 4) is 0 Å². The highest BCUT2D eigenvalue weighted by atomic mass is 16.5. The molecule has 2 N–H and O–H groups in total. The van der Waals surface area contributed by atoms with E-state index in [4.69, 9.17) is 10.5 Å². The Labute approximate surface area is 93.0 Å². The Morgan fingerprint density at radius 2 is 2.27 bits per heavy atom. The van der Waals surface area contributed by atoms with E-state index in [1.165, 1.54) is 32.4 Å². The molecular weight excluding hydrogens is 188 g/mol. The van der Waals surface area contributed by atoms with Crippen molar-refractivity contribution >= 4 is 0 Å². The van der Waals surface area contributed by atoms with Gasteiger partial charge in [0.1, 0.15) is 0 Å². The van der Waals surface area contributed by atoms with Crippen LogP contribution in [0.5, 0.6) is 0 Å². The molecule has 0 bridgehead atoms. The second-order valence-electron chi connectivity index (χ2n) is 5.48. The standard InChI is InChI=1S/C12H24N2O/c1-11-3-2-6-14(7-4-11)9-12(13)5-8-15-10-12/h11H,2-10,13H2,1H3. The van der Waals surface area contributed by atoms with Crippen molar-refractivity contribution in [1.29, 1.82) is 0 Å². The molecule has 2 fully saturated rings. The highest BCUT2D eigenvalue weighted by Crippen LogP contribution is 2.21. The molecule has 2 saturated heterocycles. The van der Waals surface area contributed by atoms with Gasteiger partial charge in [-0.05, 0) is 44.7 Å². The van der Waals surface area contributed by atoms with Crippen LogP contribution in [-0.2, 0) is 4.74 Å². The van der Waals surface area contributed by atoms with Crippen LogP contribution >= 0.6 is 0 Å². The molecule has 2 rings (SSSR count). The van der Waals surface area contributed by atoms with Gasteiger partial charge in [-0.15, -0.1) is 0 Å². The Hall–Kier alpha value is -0.120. The lowest BCUT2D eigenvalue weighted by atomic mass is 9.99. The average Bonchev–Trinajstić information content (AvgIpc) is 2.51. The highest BCUT2D eigenvalue weighted by Gasteiger charge is 2.32. The normalized spacial score (nSPS) is 39.2. The molecule has 2 aliphatic heterocycles. The molecule has 0 spiro atoms. The minimum absolute atomic E-state index is 0.0619. The fourth-order valence-corrected chi connectivity index (χ4v) is 2.67. The Kier molecular flexibility index (Phi) is 3.65. The summed E-state index contributed by atoms with van der Waals surface area (Å²) in [7, 11) is 0. The third kappa shape index (κ3) is 3.16. The van der Waals surface area contributed by atoms with Gasteiger partial charge in [-0.2, -0.15) is 0 Å². The summed E-state index contributed by atoms with van der Waals surface area (Å²) >= 11 is 0. The molecule has 2 heterocycles. The Bertz CT molecular complexity index is 202. The maximum Gasteiger partial charge on any atom is 0.0659 e. The van der Waals surface area contributed by atoms with Crippen molar-refractivity contribution in [2.75, 3.05) is 32.8 Å². The average molecular weight is 212 g/mol. The molecule has 0 aromatic rings. The van der Waals surface area contributed by atoms with Crippen LogP contribution < -0.4 is 5.73 Å². The number of hydrogen-bond acceptors (Lipinski definition) is 3. The number of hydrogen-bond donors (Lipinski definition) is 1. The van der Waals surface area contributed by atoms with Crippen LogP contribution in [0.3, 0.4) is 0 Å². The van der Waals surface area contributed by atoms with E-state index in [0.717, 1.165) is 32.1 Å². The molecule has 2 unspecified atom stereocenters. The second-order valence-corrected chi connectivity index (χ2v) is 5.48. The molecule has 0 radical (unpaired) electrons. The minimum Gasteiger partial charge on any atom is -0.379 e. The molecule has 0 amide bonds. The van der Waals surface area contributed by atoms with Crippen LogP contribution in [0.25, 0.3) is 0 Å². The maximum atomic E-state index is 6.31. The number of ether oxygens (including phenoxy) is 1. The summed E-state index contributed by atoms with van der Waals surface area (Å²) < 4.78 is 5.40. The molecule has 0 aromatic carbocycles. The van der Waals surface area contributed by atoms with Crippen molar-refractivity contribution in [3.05, 3.63) is 0 Å². The first-order valence-corrected chi connectivity index (χ1v) is 6.27. The van der Waals surface area contributed by atoms with Crippen LogP contribution in [0.2, 0.25) is 0 Å². The first-order valence-electron chi connectivity index (χ1n) is 6.27. The van der Waals surface area contributed by atoms with Crippen molar-refractivity contribution < 1.29 is 4.74 Å². The largest absolute Gasteiger partial charge is 0.379 e. The molecular formula is C12H24N2O. The van der Waals surface area contributed by atoms with Gasteiger partial charge >= 0.3 is 0 Å². The third-order valence-electron chi connectivity index (χ3n) is 3.78. The zero-order chi connectivity index (χ0) is 10.7. The van der Waals surface area contributed by atoms with E-state index >= 15 is 0 Å². The summed E-state index contributed by atoms with van der Waals surface area (Å²) in [6.45, 7) is 7.43. The number of nitrogens with two attached hydrogens (primary N) is 1. The summed E-state index contributed by atoms with van der Waals surface area (Å²) in [5.41, 5.74) is 6.25. The topological polar surface area (TPSA) is 38.5 Å². The van der Waals surface area contributed by atoms with Gasteiger partial charge in [-0.3, -0.25) is 0 Å². The predicted octanol–water partition coefficient (Wildman–Crippen LogP) is 1.23. The maximum absolute atomic E-state index is 6.31. The fraction of sp³-hybridized carbons (Fsp3) is 1.00. The second kappa shape index (κ2) is 4.81. The van der Waals surface area contributed by atoms with E-state index in [9.17, 15) is 0 Å². The fourth-order valence-electron chi connectivity index (χ4n) is 2.67. The minimum atomic E-state index is -0.0619. The molecule has 3 nitrogen and oxygen atoms in total. The summed E-state index contributed by atoms with van der Waals surface area (Å²) in [4.78, 5) is 2.54. The summed E-state index contributed by atoms with van der Waals surface area (Å²) in [5, 5.41) is 0. The van der Waals surface area contributed by atoms with E-state index in [1.807, 2.05) is 0 Å². The first-order chi connectivity index (χ1) is 7.18. The lowest BCUT2D eigenvalue weighted by Gasteiger charge is -2.30. The van der Waals surface area contributed by atoms with E-state index < -0.39 is 0 Å². The quantitative estimate of drug-likeness (QED) is 0.748. The first kappa shape index (κ1) is 11.4. The monoisotopic (exact) mass is 212 g/mol. The van der Waals surface area contributed by atoms with Gasteiger partial charge in [0.05, 0.1) is 12.1 Å².